The average molecular weight is 1220 g/mol. The molecule has 0 aromatic heterocycles. The molecular formula is C64H80O23. The van der Waals surface area contributed by atoms with Crippen molar-refractivity contribution in [2.45, 2.75) is 129 Å². The molecule has 14 fully saturated rings. The van der Waals surface area contributed by atoms with Crippen LogP contribution in [-0.2, 0) is 76.5 Å². The molecule has 0 radical (unpaired) electrons. The molecule has 4 heterocycles. The number of carboxylic acid groups (broad SMARTS) is 6. The van der Waals surface area contributed by atoms with E-state index in [-0.39, 0.29) is 104 Å². The Hall–Kier alpha value is -7.82. The van der Waals surface area contributed by atoms with Gasteiger partial charge in [-0.05, 0) is 143 Å². The van der Waals surface area contributed by atoms with Crippen molar-refractivity contribution in [1.29, 1.82) is 0 Å². The zero-order chi connectivity index (χ0) is 59.3. The molecule has 15 atom stereocenters. The SMILES string of the molecule is CC(C)(C)C(=O)C(=O)[O-].O=C([O-])C(=O)C12CC3CC(CC(C3)C1)C2.O=C([O-])C(=O)C1C2CC3C(=O)OC1C3C2.O=C([O-])C(=O)C1C2CC3CC(C2)C(=O)OC1C3.O=C([O-])C(=O)C1C2CC3COC1C3C2.O=C([O-])C(=O)c1ccccc1.[CH3+].[CH3+].[CH3+].[CH3+].[CH3+].[CH3+]. The van der Waals surface area contributed by atoms with Crippen molar-refractivity contribution in [1.82, 2.24) is 0 Å². The molecule has 12 bridgehead atoms. The first kappa shape index (κ1) is 75.3. The van der Waals surface area contributed by atoms with E-state index in [2.05, 4.69) is 0 Å². The molecule has 474 valence electrons. The zero-order valence-electron chi connectivity index (χ0n) is 50.8. The lowest BCUT2D eigenvalue weighted by Gasteiger charge is -2.55. The maximum Gasteiger partial charge on any atom is 0.309 e. The molecule has 10 aliphatic carbocycles. The van der Waals surface area contributed by atoms with Gasteiger partial charge >= 0.3 is 11.9 Å². The van der Waals surface area contributed by atoms with Crippen LogP contribution in [-0.4, -0.2) is 107 Å². The number of fused-ring (bicyclic) bond motifs is 3. The van der Waals surface area contributed by atoms with Gasteiger partial charge in [-0.1, -0.05) is 51.1 Å². The van der Waals surface area contributed by atoms with E-state index in [0.717, 1.165) is 51.4 Å². The first-order chi connectivity index (χ1) is 38.0. The summed E-state index contributed by atoms with van der Waals surface area (Å²) >= 11 is 0. The highest BCUT2D eigenvalue weighted by Crippen LogP contribution is 2.61. The van der Waals surface area contributed by atoms with Crippen LogP contribution in [0.5, 0.6) is 0 Å². The molecule has 1 aromatic rings. The van der Waals surface area contributed by atoms with Gasteiger partial charge in [-0.3, -0.25) is 38.4 Å². The van der Waals surface area contributed by atoms with Crippen LogP contribution in [0.4, 0.5) is 0 Å². The average Bonchev–Trinajstić information content (AvgIpc) is 1.73. The quantitative estimate of drug-likeness (QED) is 0.110. The number of hydrogen-bond donors (Lipinski definition) is 0. The second-order valence-corrected chi connectivity index (χ2v) is 25.3. The molecule has 15 unspecified atom stereocenters. The van der Waals surface area contributed by atoms with E-state index in [1.165, 1.54) is 52.2 Å². The molecule has 23 heteroatoms. The Bertz CT molecular complexity index is 2760. The first-order valence-electron chi connectivity index (χ1n) is 27.6. The van der Waals surface area contributed by atoms with E-state index >= 15 is 0 Å². The molecule has 15 rings (SSSR count). The van der Waals surface area contributed by atoms with E-state index < -0.39 is 111 Å². The summed E-state index contributed by atoms with van der Waals surface area (Å²) in [6.07, 6.45) is 11.1. The summed E-state index contributed by atoms with van der Waals surface area (Å²) < 4.78 is 15.8. The van der Waals surface area contributed by atoms with Gasteiger partial charge in [-0.25, -0.2) is 0 Å². The number of carbonyl (C=O) groups excluding carboxylic acids is 14. The summed E-state index contributed by atoms with van der Waals surface area (Å²) in [4.78, 5) is 153. The van der Waals surface area contributed by atoms with Gasteiger partial charge in [0, 0.05) is 66.9 Å². The van der Waals surface area contributed by atoms with E-state index in [0.29, 0.717) is 61.4 Å². The highest BCUT2D eigenvalue weighted by molar-refractivity contribution is 6.39. The third kappa shape index (κ3) is 15.3. The summed E-state index contributed by atoms with van der Waals surface area (Å²) in [6, 6.07) is 7.74. The normalized spacial score (nSPS) is 34.4. The highest BCUT2D eigenvalue weighted by Gasteiger charge is 2.64. The summed E-state index contributed by atoms with van der Waals surface area (Å²) in [6.45, 7) is 5.31. The number of ether oxygens (including phenoxy) is 3. The van der Waals surface area contributed by atoms with E-state index in [1.807, 2.05) is 0 Å². The number of rotatable bonds is 11. The number of esters is 2. The Balaban J connectivity index is 0.000000355. The van der Waals surface area contributed by atoms with Crippen molar-refractivity contribution in [3.05, 3.63) is 80.5 Å². The van der Waals surface area contributed by atoms with Gasteiger partial charge in [0.2, 0.25) is 5.78 Å². The van der Waals surface area contributed by atoms with E-state index in [4.69, 9.17) is 14.2 Å². The molecule has 4 aliphatic heterocycles. The summed E-state index contributed by atoms with van der Waals surface area (Å²) in [5, 5.41) is 62.4. The maximum atomic E-state index is 11.7. The number of hydrogen-bond acceptors (Lipinski definition) is 23. The molecule has 0 N–H and O–H groups in total. The summed E-state index contributed by atoms with van der Waals surface area (Å²) in [5.74, 6) is -13.5. The predicted octanol–water partition coefficient (Wildman–Crippen LogP) is -1.04. The second-order valence-electron chi connectivity index (χ2n) is 25.3. The standard InChI is InChI=1S/C12H14O5.C12H16O3.C10H10O5.C10H12O4.C8H6O3.C6H10O3.6CH3/c13-10(11(14)15)9-6-1-5-2-7(4-6)12(16)17-8(9)3-5;13-10(11(14)15)12-4-7-1-8(5-12)3-9(2-7)6-12;11-7(9(12)13)6-3-1-4-5(2-3)10(14)15-8(4)6;11-8(10(12)13)7-4-1-5-3-14-9(7)6(5)2-4;9-7(8(10)11)6-4-2-1-3-5-6;1-6(2,3)4(7)5(8)9;;;;;;/h5-9H,1-4H2,(H,14,15);7-9H,1-6H2,(H,14,15);3-6,8H,1-2H2,(H,12,13);4-7,9H,1-3H2,(H,12,13);1-5H,(H,10,11);1-3H3,(H,8,9);6*1H3/q;;;;;;6*+1/p-6. The molecule has 23 nitrogen and oxygen atoms in total. The van der Waals surface area contributed by atoms with Crippen LogP contribution < -0.4 is 30.6 Å². The van der Waals surface area contributed by atoms with Crippen molar-refractivity contribution < 1.29 is 112 Å². The third-order valence-corrected chi connectivity index (χ3v) is 19.3. The van der Waals surface area contributed by atoms with Gasteiger partial charge in [0.25, 0.3) is 0 Å². The minimum Gasteiger partial charge on any atom is -0.542 e. The Kier molecular flexibility index (Phi) is 25.3. The smallest absolute Gasteiger partial charge is 0.309 e. The second kappa shape index (κ2) is 29.2. The number of Topliss-reactive ketones (excluding diaryl/α,β-unsaturated/α-hetero) is 6. The number of carboxylic acids is 6. The van der Waals surface area contributed by atoms with Gasteiger partial charge in [0.1, 0.15) is 48.0 Å². The van der Waals surface area contributed by atoms with E-state index in [9.17, 15) is 97.8 Å². The largest absolute Gasteiger partial charge is 0.542 e. The zero-order valence-corrected chi connectivity index (χ0v) is 50.8. The minimum atomic E-state index is -1.67. The number of carbonyl (C=O) groups is 14. The fourth-order valence-corrected chi connectivity index (χ4v) is 16.5. The molecule has 87 heavy (non-hydrogen) atoms. The van der Waals surface area contributed by atoms with Gasteiger partial charge in [0.15, 0.2) is 28.9 Å². The van der Waals surface area contributed by atoms with Crippen molar-refractivity contribution in [3.8, 4) is 0 Å². The van der Waals surface area contributed by atoms with Crippen LogP contribution in [0, 0.1) is 144 Å². The minimum absolute atomic E-state index is 0. The molecule has 14 aliphatic rings. The van der Waals surface area contributed by atoms with Crippen molar-refractivity contribution in [3.63, 3.8) is 0 Å². The van der Waals surface area contributed by atoms with Crippen LogP contribution in [0.3, 0.4) is 0 Å². The Morgan fingerprint density at radius 2 is 0.943 bits per heavy atom. The summed E-state index contributed by atoms with van der Waals surface area (Å²) in [5.41, 5.74) is -1.20. The summed E-state index contributed by atoms with van der Waals surface area (Å²) in [7, 11) is 0. The van der Waals surface area contributed by atoms with Crippen molar-refractivity contribution >= 4 is 82.5 Å². The van der Waals surface area contributed by atoms with Crippen LogP contribution in [0.1, 0.15) is 121 Å². The lowest BCUT2D eigenvalue weighted by molar-refractivity contribution is -0.302. The molecular weight excluding hydrogens is 1140 g/mol. The molecule has 0 amide bonds. The molecule has 0 spiro atoms. The van der Waals surface area contributed by atoms with Crippen LogP contribution in [0.15, 0.2) is 30.3 Å². The number of aliphatic carboxylic acids is 6. The van der Waals surface area contributed by atoms with Gasteiger partial charge in [-0.2, -0.15) is 0 Å². The maximum absolute atomic E-state index is 11.7. The number of benzene rings is 1. The Morgan fingerprint density at radius 3 is 1.41 bits per heavy atom. The fraction of sp³-hybridized carbons (Fsp3) is 0.594. The lowest BCUT2D eigenvalue weighted by atomic mass is 9.48. The van der Waals surface area contributed by atoms with Crippen molar-refractivity contribution in [2.75, 3.05) is 6.61 Å². The molecule has 10 saturated carbocycles. The topological polar surface area (TPSA) is 405 Å². The van der Waals surface area contributed by atoms with Crippen LogP contribution in [0.25, 0.3) is 0 Å². The predicted molar refractivity (Wildman–Crippen MR) is 293 cm³/mol. The fourth-order valence-electron chi connectivity index (χ4n) is 16.5. The van der Waals surface area contributed by atoms with Gasteiger partial charge in [-0.15, -0.1) is 0 Å². The third-order valence-electron chi connectivity index (χ3n) is 19.3. The van der Waals surface area contributed by atoms with Gasteiger partial charge in [0.05, 0.1) is 42.3 Å². The Labute approximate surface area is 508 Å². The monoisotopic (exact) mass is 1220 g/mol. The molecule has 4 saturated heterocycles. The van der Waals surface area contributed by atoms with Crippen molar-refractivity contribution in [2.24, 2.45) is 99.6 Å². The van der Waals surface area contributed by atoms with E-state index in [1.54, 1.807) is 18.2 Å². The Morgan fingerprint density at radius 1 is 0.460 bits per heavy atom. The highest BCUT2D eigenvalue weighted by atomic mass is 16.6. The molecule has 1 aromatic carbocycles. The lowest BCUT2D eigenvalue weighted by Crippen LogP contribution is -2.54. The number of ketones is 6. The first-order valence-corrected chi connectivity index (χ1v) is 27.6. The van der Waals surface area contributed by atoms with Crippen LogP contribution in [0.2, 0.25) is 0 Å². The van der Waals surface area contributed by atoms with Gasteiger partial charge < -0.3 is 73.6 Å². The van der Waals surface area contributed by atoms with Crippen LogP contribution >= 0.6 is 0 Å².